The standard InChI is InChI=1S/C57H39N11/c1-33-59-34(2)62-55(61-33)39-24-26-51-43(28-39)41-20-12-14-22-49(41)67(51)53-30-45(57-65-46(37-16-8-6-9-17-37)31-47(66-57)38-18-10-7-11-19-38)48(58-5)32-54(53)68-50-23-15-13-21-42(50)44-29-40(25-27-52(44)68)56-63-35(3)60-36(4)64-56/h6-32H,1-4H3. The van der Waals surface area contributed by atoms with Gasteiger partial charge in [0.25, 0.3) is 0 Å². The molecule has 0 amide bonds. The molecule has 0 N–H and O–H groups in total. The Morgan fingerprint density at radius 2 is 0.765 bits per heavy atom. The van der Waals surface area contributed by atoms with Crippen LogP contribution in [0, 0.1) is 34.3 Å². The van der Waals surface area contributed by atoms with Gasteiger partial charge in [0.15, 0.2) is 17.3 Å². The van der Waals surface area contributed by atoms with E-state index in [2.05, 4.69) is 115 Å². The van der Waals surface area contributed by atoms with Crippen LogP contribution >= 0.6 is 0 Å². The molecule has 12 rings (SSSR count). The number of nitrogens with zero attached hydrogens (tertiary/aromatic N) is 11. The number of hydrogen-bond acceptors (Lipinski definition) is 8. The Kier molecular flexibility index (Phi) is 9.48. The van der Waals surface area contributed by atoms with Crippen LogP contribution in [0.2, 0.25) is 0 Å². The van der Waals surface area contributed by atoms with Crippen LogP contribution in [0.4, 0.5) is 5.69 Å². The van der Waals surface area contributed by atoms with Crippen LogP contribution in [0.3, 0.4) is 0 Å². The lowest BCUT2D eigenvalue weighted by Crippen LogP contribution is -2.05. The average molecular weight is 878 g/mol. The summed E-state index contributed by atoms with van der Waals surface area (Å²) in [7, 11) is 0. The molecule has 322 valence electrons. The Morgan fingerprint density at radius 1 is 0.353 bits per heavy atom. The van der Waals surface area contributed by atoms with Gasteiger partial charge >= 0.3 is 0 Å². The van der Waals surface area contributed by atoms with Gasteiger partial charge in [-0.1, -0.05) is 97.1 Å². The Hall–Kier alpha value is -9.27. The topological polar surface area (TPSA) is 117 Å². The van der Waals surface area contributed by atoms with Crippen LogP contribution in [-0.4, -0.2) is 49.0 Å². The summed E-state index contributed by atoms with van der Waals surface area (Å²) in [5.41, 5.74) is 11.7. The third kappa shape index (κ3) is 6.82. The van der Waals surface area contributed by atoms with Crippen molar-refractivity contribution in [3.05, 3.63) is 199 Å². The summed E-state index contributed by atoms with van der Waals surface area (Å²) in [5.74, 6) is 4.34. The largest absolute Gasteiger partial charge is 0.308 e. The van der Waals surface area contributed by atoms with E-state index in [0.717, 1.165) is 88.6 Å². The monoisotopic (exact) mass is 877 g/mol. The molecule has 0 radical (unpaired) electrons. The summed E-state index contributed by atoms with van der Waals surface area (Å²) < 4.78 is 4.57. The lowest BCUT2D eigenvalue weighted by Gasteiger charge is -2.20. The smallest absolute Gasteiger partial charge is 0.200 e. The highest BCUT2D eigenvalue weighted by Crippen LogP contribution is 2.44. The third-order valence-corrected chi connectivity index (χ3v) is 12.4. The SMILES string of the molecule is [C-]#[N+]c1cc(-n2c3ccccc3c3cc(-c4nc(C)nc(C)n4)ccc32)c(-n2c3ccccc3c3cc(-c4nc(C)nc(C)n4)ccc32)cc1-c1nc(-c2ccccc2)cc(-c2ccccc2)n1. The van der Waals surface area contributed by atoms with E-state index in [1.165, 1.54) is 0 Å². The average Bonchev–Trinajstić information content (AvgIpc) is 3.88. The van der Waals surface area contributed by atoms with E-state index in [4.69, 9.17) is 36.5 Å². The first kappa shape index (κ1) is 40.3. The molecule has 12 aromatic rings. The predicted molar refractivity (Wildman–Crippen MR) is 270 cm³/mol. The van der Waals surface area contributed by atoms with E-state index in [0.29, 0.717) is 52.0 Å². The minimum absolute atomic E-state index is 0.412. The molecule has 5 heterocycles. The second kappa shape index (κ2) is 16.0. The van der Waals surface area contributed by atoms with Gasteiger partial charge in [0.1, 0.15) is 29.1 Å². The molecule has 0 aliphatic heterocycles. The van der Waals surface area contributed by atoms with Crippen molar-refractivity contribution in [2.75, 3.05) is 0 Å². The van der Waals surface area contributed by atoms with Gasteiger partial charge in [0.2, 0.25) is 0 Å². The molecule has 5 aromatic heterocycles. The quantitative estimate of drug-likeness (QED) is 0.145. The molecule has 68 heavy (non-hydrogen) atoms. The minimum Gasteiger partial charge on any atom is -0.308 e. The van der Waals surface area contributed by atoms with Crippen LogP contribution in [0.5, 0.6) is 0 Å². The van der Waals surface area contributed by atoms with Crippen molar-refractivity contribution in [1.29, 1.82) is 0 Å². The summed E-state index contributed by atoms with van der Waals surface area (Å²) in [6, 6.07) is 55.9. The molecule has 0 bridgehead atoms. The zero-order valence-corrected chi connectivity index (χ0v) is 37.5. The summed E-state index contributed by atoms with van der Waals surface area (Å²) >= 11 is 0. The molecule has 0 spiro atoms. The molecular formula is C57H39N11. The van der Waals surface area contributed by atoms with Crippen LogP contribution in [0.1, 0.15) is 23.3 Å². The van der Waals surface area contributed by atoms with Gasteiger partial charge in [0, 0.05) is 49.4 Å². The van der Waals surface area contributed by atoms with Gasteiger partial charge in [0.05, 0.1) is 51.4 Å². The molecular weight excluding hydrogens is 839 g/mol. The highest BCUT2D eigenvalue weighted by atomic mass is 15.1. The van der Waals surface area contributed by atoms with Crippen molar-refractivity contribution >= 4 is 49.3 Å². The lowest BCUT2D eigenvalue weighted by molar-refractivity contribution is 0.928. The number of aryl methyl sites for hydroxylation is 4. The van der Waals surface area contributed by atoms with Crippen molar-refractivity contribution in [1.82, 2.24) is 49.0 Å². The fourth-order valence-corrected chi connectivity index (χ4v) is 9.51. The van der Waals surface area contributed by atoms with Crippen molar-refractivity contribution < 1.29 is 0 Å². The van der Waals surface area contributed by atoms with E-state index >= 15 is 0 Å². The first-order chi connectivity index (χ1) is 33.3. The summed E-state index contributed by atoms with van der Waals surface area (Å²) in [6.07, 6.45) is 0. The van der Waals surface area contributed by atoms with E-state index < -0.39 is 0 Å². The van der Waals surface area contributed by atoms with Gasteiger partial charge in [-0.3, -0.25) is 0 Å². The second-order valence-electron chi connectivity index (χ2n) is 16.8. The van der Waals surface area contributed by atoms with Crippen molar-refractivity contribution in [3.63, 3.8) is 0 Å². The summed E-state index contributed by atoms with van der Waals surface area (Å²) in [5, 5.41) is 4.15. The zero-order chi connectivity index (χ0) is 46.0. The lowest BCUT2D eigenvalue weighted by atomic mass is 10.0. The van der Waals surface area contributed by atoms with E-state index in [9.17, 15) is 0 Å². The Labute approximate surface area is 391 Å². The number of benzene rings is 7. The molecule has 0 aliphatic rings. The van der Waals surface area contributed by atoms with Gasteiger partial charge in [-0.25, -0.2) is 44.7 Å². The van der Waals surface area contributed by atoms with E-state index in [1.807, 2.05) is 100 Å². The normalized spacial score (nSPS) is 11.5. The molecule has 0 unspecified atom stereocenters. The number of rotatable bonds is 7. The predicted octanol–water partition coefficient (Wildman–Crippen LogP) is 13.2. The number of hydrogen-bond donors (Lipinski definition) is 0. The van der Waals surface area contributed by atoms with Gasteiger partial charge in [-0.15, -0.1) is 0 Å². The zero-order valence-electron chi connectivity index (χ0n) is 37.5. The maximum atomic E-state index is 8.84. The minimum atomic E-state index is 0.412. The van der Waals surface area contributed by atoms with E-state index in [1.54, 1.807) is 0 Å². The molecule has 0 fully saturated rings. The third-order valence-electron chi connectivity index (χ3n) is 12.4. The molecule has 11 nitrogen and oxygen atoms in total. The summed E-state index contributed by atoms with van der Waals surface area (Å²) in [6.45, 7) is 16.4. The fourth-order valence-electron chi connectivity index (χ4n) is 9.51. The van der Waals surface area contributed by atoms with Crippen LogP contribution in [0.25, 0.3) is 117 Å². The Bertz CT molecular complexity index is 3940. The first-order valence-electron chi connectivity index (χ1n) is 22.3. The highest BCUT2D eigenvalue weighted by Gasteiger charge is 2.25. The summed E-state index contributed by atoms with van der Waals surface area (Å²) in [4.78, 5) is 42.6. The molecule has 0 atom stereocenters. The second-order valence-corrected chi connectivity index (χ2v) is 16.8. The molecule has 0 saturated heterocycles. The van der Waals surface area contributed by atoms with Crippen molar-refractivity contribution in [2.45, 2.75) is 27.7 Å². The maximum absolute atomic E-state index is 8.84. The number of fused-ring (bicyclic) bond motifs is 6. The highest BCUT2D eigenvalue weighted by molar-refractivity contribution is 6.13. The number of aromatic nitrogens is 10. The van der Waals surface area contributed by atoms with Crippen molar-refractivity contribution in [3.8, 4) is 68.1 Å². The molecule has 0 saturated carbocycles. The van der Waals surface area contributed by atoms with E-state index in [-0.39, 0.29) is 0 Å². The van der Waals surface area contributed by atoms with Crippen molar-refractivity contribution in [2.24, 2.45) is 0 Å². The van der Waals surface area contributed by atoms with Gasteiger partial charge < -0.3 is 9.13 Å². The Morgan fingerprint density at radius 3 is 1.22 bits per heavy atom. The van der Waals surface area contributed by atoms with Gasteiger partial charge in [-0.05, 0) is 94.4 Å². The molecule has 0 aliphatic carbocycles. The first-order valence-corrected chi connectivity index (χ1v) is 22.3. The number of para-hydroxylation sites is 2. The van der Waals surface area contributed by atoms with Crippen LogP contribution in [0.15, 0.2) is 164 Å². The van der Waals surface area contributed by atoms with Crippen LogP contribution < -0.4 is 0 Å². The maximum Gasteiger partial charge on any atom is 0.200 e. The Balaban J connectivity index is 1.18. The van der Waals surface area contributed by atoms with Gasteiger partial charge in [-0.2, -0.15) is 0 Å². The van der Waals surface area contributed by atoms with Crippen LogP contribution in [-0.2, 0) is 0 Å². The fraction of sp³-hybridized carbons (Fsp3) is 0.0702. The molecule has 7 aromatic carbocycles. The molecule has 11 heteroatoms.